The number of nitrogens with zero attached hydrogens (tertiary/aromatic N) is 4. The van der Waals surface area contributed by atoms with Gasteiger partial charge in [0.25, 0.3) is 5.91 Å². The van der Waals surface area contributed by atoms with Crippen LogP contribution >= 0.6 is 0 Å². The Balaban J connectivity index is 1.41. The topological polar surface area (TPSA) is 70.6 Å². The maximum absolute atomic E-state index is 12.8. The number of benzene rings is 2. The van der Waals surface area contributed by atoms with Crippen LogP contribution in [0.2, 0.25) is 0 Å². The van der Waals surface area contributed by atoms with Crippen molar-refractivity contribution in [2.45, 2.75) is 13.8 Å². The van der Waals surface area contributed by atoms with Crippen LogP contribution in [0.3, 0.4) is 0 Å². The number of amides is 1. The van der Waals surface area contributed by atoms with Gasteiger partial charge in [-0.25, -0.2) is 4.98 Å². The molecule has 1 fully saturated rings. The summed E-state index contributed by atoms with van der Waals surface area (Å²) in [5.41, 5.74) is 3.74. The number of carbonyl (C=O) groups excluding carboxylic acids is 1. The second kappa shape index (κ2) is 9.04. The Morgan fingerprint density at radius 2 is 1.61 bits per heavy atom. The van der Waals surface area contributed by atoms with Gasteiger partial charge in [-0.15, -0.1) is 0 Å². The Kier molecular flexibility index (Phi) is 6.02. The minimum atomic E-state index is 0.0443. The van der Waals surface area contributed by atoms with Crippen molar-refractivity contribution < 1.29 is 9.53 Å². The van der Waals surface area contributed by atoms with Crippen molar-refractivity contribution in [3.8, 4) is 5.75 Å². The highest BCUT2D eigenvalue weighted by molar-refractivity contribution is 5.94. The summed E-state index contributed by atoms with van der Waals surface area (Å²) in [5.74, 6) is 2.24. The molecular weight excluding hydrogens is 390 g/mol. The molecule has 0 spiro atoms. The number of carbonyl (C=O) groups is 1. The van der Waals surface area contributed by atoms with Crippen LogP contribution in [0, 0.1) is 13.8 Å². The van der Waals surface area contributed by atoms with Crippen LogP contribution in [0.15, 0.2) is 54.6 Å². The molecule has 0 saturated carbocycles. The van der Waals surface area contributed by atoms with Gasteiger partial charge >= 0.3 is 0 Å². The van der Waals surface area contributed by atoms with Crippen LogP contribution in [-0.4, -0.2) is 54.1 Å². The van der Waals surface area contributed by atoms with E-state index in [9.17, 15) is 4.79 Å². The predicted molar refractivity (Wildman–Crippen MR) is 122 cm³/mol. The zero-order valence-electron chi connectivity index (χ0n) is 18.1. The number of aryl methyl sites for hydroxylation is 2. The van der Waals surface area contributed by atoms with Crippen molar-refractivity contribution in [2.75, 3.05) is 43.5 Å². The number of aromatic nitrogens is 2. The molecule has 1 aliphatic heterocycles. The van der Waals surface area contributed by atoms with E-state index in [0.29, 0.717) is 24.6 Å². The number of nitrogens with one attached hydrogen (secondary N) is 1. The molecular formula is C24H27N5O2. The molecule has 7 heteroatoms. The highest BCUT2D eigenvalue weighted by atomic mass is 16.5. The maximum atomic E-state index is 12.8. The van der Waals surface area contributed by atoms with E-state index in [1.807, 2.05) is 54.3 Å². The van der Waals surface area contributed by atoms with Crippen LogP contribution in [-0.2, 0) is 0 Å². The van der Waals surface area contributed by atoms with Crippen molar-refractivity contribution in [3.05, 3.63) is 71.4 Å². The normalized spacial score (nSPS) is 13.8. The number of methoxy groups -OCH3 is 1. The standard InChI is InChI=1S/C24H27N5O2/c1-17-4-8-20(9-5-17)26-24-25-18(2)16-22(27-24)28-12-14-29(15-13-28)23(30)19-6-10-21(31-3)11-7-19/h4-11,16H,12-15H2,1-3H3,(H,25,26,27). The van der Waals surface area contributed by atoms with Crippen molar-refractivity contribution in [3.63, 3.8) is 0 Å². The van der Waals surface area contributed by atoms with Crippen LogP contribution in [0.5, 0.6) is 5.75 Å². The van der Waals surface area contributed by atoms with Crippen molar-refractivity contribution >= 4 is 23.4 Å². The number of piperazine rings is 1. The minimum absolute atomic E-state index is 0.0443. The zero-order chi connectivity index (χ0) is 21.8. The molecule has 4 rings (SSSR count). The smallest absolute Gasteiger partial charge is 0.253 e. The third-order valence-electron chi connectivity index (χ3n) is 5.38. The van der Waals surface area contributed by atoms with Crippen LogP contribution in [0.4, 0.5) is 17.5 Å². The van der Waals surface area contributed by atoms with E-state index in [0.717, 1.165) is 36.0 Å². The lowest BCUT2D eigenvalue weighted by atomic mass is 10.1. The molecule has 1 aromatic heterocycles. The Hall–Kier alpha value is -3.61. The van der Waals surface area contributed by atoms with E-state index in [-0.39, 0.29) is 5.91 Å². The lowest BCUT2D eigenvalue weighted by Crippen LogP contribution is -2.49. The van der Waals surface area contributed by atoms with Gasteiger partial charge in [-0.1, -0.05) is 17.7 Å². The van der Waals surface area contributed by atoms with E-state index in [1.54, 1.807) is 7.11 Å². The molecule has 3 aromatic rings. The fourth-order valence-corrected chi connectivity index (χ4v) is 3.59. The molecule has 1 amide bonds. The van der Waals surface area contributed by atoms with Crippen molar-refractivity contribution in [2.24, 2.45) is 0 Å². The molecule has 0 radical (unpaired) electrons. The third-order valence-corrected chi connectivity index (χ3v) is 5.38. The first kappa shape index (κ1) is 20.7. The molecule has 31 heavy (non-hydrogen) atoms. The quantitative estimate of drug-likeness (QED) is 0.681. The molecule has 0 unspecified atom stereocenters. The highest BCUT2D eigenvalue weighted by Gasteiger charge is 2.23. The van der Waals surface area contributed by atoms with Gasteiger partial charge in [-0.05, 0) is 50.2 Å². The summed E-state index contributed by atoms with van der Waals surface area (Å²) in [6, 6.07) is 17.4. The molecule has 160 valence electrons. The van der Waals surface area contributed by atoms with Crippen LogP contribution < -0.4 is 15.0 Å². The first-order chi connectivity index (χ1) is 15.0. The average molecular weight is 418 g/mol. The van der Waals surface area contributed by atoms with Gasteiger partial charge < -0.3 is 19.9 Å². The van der Waals surface area contributed by atoms with Gasteiger partial charge in [0.2, 0.25) is 5.95 Å². The Morgan fingerprint density at radius 3 is 2.26 bits per heavy atom. The van der Waals surface area contributed by atoms with E-state index >= 15 is 0 Å². The van der Waals surface area contributed by atoms with Crippen molar-refractivity contribution in [1.82, 2.24) is 14.9 Å². The summed E-state index contributed by atoms with van der Waals surface area (Å²) in [7, 11) is 1.62. The fraction of sp³-hybridized carbons (Fsp3) is 0.292. The summed E-state index contributed by atoms with van der Waals surface area (Å²) in [6.07, 6.45) is 0. The highest BCUT2D eigenvalue weighted by Crippen LogP contribution is 2.21. The number of ether oxygens (including phenoxy) is 1. The largest absolute Gasteiger partial charge is 0.497 e. The van der Waals surface area contributed by atoms with Gasteiger partial charge in [-0.2, -0.15) is 4.98 Å². The van der Waals surface area contributed by atoms with Crippen LogP contribution in [0.25, 0.3) is 0 Å². The Labute approximate surface area is 182 Å². The SMILES string of the molecule is COc1ccc(C(=O)N2CCN(c3cc(C)nc(Nc4ccc(C)cc4)n3)CC2)cc1. The maximum Gasteiger partial charge on any atom is 0.253 e. The fourth-order valence-electron chi connectivity index (χ4n) is 3.59. The van der Waals surface area contributed by atoms with E-state index < -0.39 is 0 Å². The zero-order valence-corrected chi connectivity index (χ0v) is 18.1. The van der Waals surface area contributed by atoms with E-state index in [2.05, 4.69) is 34.3 Å². The first-order valence-electron chi connectivity index (χ1n) is 10.4. The lowest BCUT2D eigenvalue weighted by Gasteiger charge is -2.35. The average Bonchev–Trinajstić information content (AvgIpc) is 2.80. The van der Waals surface area contributed by atoms with E-state index in [4.69, 9.17) is 9.72 Å². The summed E-state index contributed by atoms with van der Waals surface area (Å²) in [4.78, 5) is 26.1. The molecule has 1 aliphatic rings. The molecule has 7 nitrogen and oxygen atoms in total. The third kappa shape index (κ3) is 4.94. The monoisotopic (exact) mass is 417 g/mol. The van der Waals surface area contributed by atoms with Crippen LogP contribution in [0.1, 0.15) is 21.6 Å². The van der Waals surface area contributed by atoms with Gasteiger partial charge in [0.15, 0.2) is 0 Å². The lowest BCUT2D eigenvalue weighted by molar-refractivity contribution is 0.0746. The van der Waals surface area contributed by atoms with Gasteiger partial charge in [-0.3, -0.25) is 4.79 Å². The summed E-state index contributed by atoms with van der Waals surface area (Å²) in [6.45, 7) is 6.77. The molecule has 2 heterocycles. The minimum Gasteiger partial charge on any atom is -0.497 e. The number of anilines is 3. The Morgan fingerprint density at radius 1 is 0.935 bits per heavy atom. The molecule has 0 bridgehead atoms. The molecule has 0 aliphatic carbocycles. The molecule has 1 saturated heterocycles. The summed E-state index contributed by atoms with van der Waals surface area (Å²) in [5, 5.41) is 3.29. The predicted octanol–water partition coefficient (Wildman–Crippen LogP) is 3.81. The Bertz CT molecular complexity index is 1040. The molecule has 1 N–H and O–H groups in total. The molecule has 0 atom stereocenters. The van der Waals surface area contributed by atoms with E-state index in [1.165, 1.54) is 5.56 Å². The summed E-state index contributed by atoms with van der Waals surface area (Å²) >= 11 is 0. The van der Waals surface area contributed by atoms with Gasteiger partial charge in [0.05, 0.1) is 7.11 Å². The van der Waals surface area contributed by atoms with Crippen molar-refractivity contribution in [1.29, 1.82) is 0 Å². The van der Waals surface area contributed by atoms with Gasteiger partial charge in [0.1, 0.15) is 11.6 Å². The second-order valence-corrected chi connectivity index (χ2v) is 7.69. The number of hydrogen-bond acceptors (Lipinski definition) is 6. The first-order valence-corrected chi connectivity index (χ1v) is 10.4. The van der Waals surface area contributed by atoms with Gasteiger partial charge in [0, 0.05) is 49.2 Å². The number of rotatable bonds is 5. The molecule has 2 aromatic carbocycles. The summed E-state index contributed by atoms with van der Waals surface area (Å²) < 4.78 is 5.17. The number of hydrogen-bond donors (Lipinski definition) is 1. The second-order valence-electron chi connectivity index (χ2n) is 7.69.